The van der Waals surface area contributed by atoms with Gasteiger partial charge in [-0.1, -0.05) is 25.0 Å². The fraction of sp³-hybridized carbons (Fsp3) is 0.636. The minimum Gasteiger partial charge on any atom is -0.357 e. The number of guanidine groups is 1. The highest BCUT2D eigenvalue weighted by Crippen LogP contribution is 2.21. The summed E-state index contributed by atoms with van der Waals surface area (Å²) < 4.78 is 0. The van der Waals surface area contributed by atoms with Crippen molar-refractivity contribution in [2.75, 3.05) is 47.3 Å². The van der Waals surface area contributed by atoms with E-state index in [0.717, 1.165) is 55.7 Å². The highest BCUT2D eigenvalue weighted by atomic mass is 16.2. The van der Waals surface area contributed by atoms with Crippen molar-refractivity contribution in [3.63, 3.8) is 0 Å². The summed E-state index contributed by atoms with van der Waals surface area (Å²) in [6.45, 7) is 5.50. The van der Waals surface area contributed by atoms with E-state index in [1.54, 1.807) is 19.0 Å². The lowest BCUT2D eigenvalue weighted by Gasteiger charge is -2.23. The zero-order valence-corrected chi connectivity index (χ0v) is 18.0. The number of nitrogens with one attached hydrogen (secondary N) is 2. The Hall–Kier alpha value is -2.08. The minimum atomic E-state index is 0.0380. The molecule has 2 N–H and O–H groups in total. The molecule has 6 heteroatoms. The Bertz CT molecular complexity index is 638. The van der Waals surface area contributed by atoms with Crippen molar-refractivity contribution in [2.24, 2.45) is 4.99 Å². The van der Waals surface area contributed by atoms with Crippen molar-refractivity contribution in [1.82, 2.24) is 20.4 Å². The van der Waals surface area contributed by atoms with Gasteiger partial charge in [0.25, 0.3) is 5.91 Å². The fourth-order valence-corrected chi connectivity index (χ4v) is 3.63. The van der Waals surface area contributed by atoms with E-state index in [0.29, 0.717) is 0 Å². The first-order chi connectivity index (χ1) is 13.5. The number of aliphatic imine (C=N–C) groups is 1. The van der Waals surface area contributed by atoms with Crippen LogP contribution < -0.4 is 10.6 Å². The van der Waals surface area contributed by atoms with E-state index in [9.17, 15) is 4.79 Å². The topological polar surface area (TPSA) is 60.0 Å². The van der Waals surface area contributed by atoms with Gasteiger partial charge in [-0.2, -0.15) is 0 Å². The van der Waals surface area contributed by atoms with E-state index in [1.807, 2.05) is 18.2 Å². The second-order valence-electron chi connectivity index (χ2n) is 7.76. The average molecular weight is 388 g/mol. The largest absolute Gasteiger partial charge is 0.357 e. The summed E-state index contributed by atoms with van der Waals surface area (Å²) in [5.74, 6) is 0.902. The van der Waals surface area contributed by atoms with Crippen LogP contribution in [0.1, 0.15) is 48.5 Å². The van der Waals surface area contributed by atoms with Crippen molar-refractivity contribution >= 4 is 11.9 Å². The smallest absolute Gasteiger partial charge is 0.253 e. The van der Waals surface area contributed by atoms with Gasteiger partial charge in [-0.05, 0) is 50.9 Å². The molecule has 0 radical (unpaired) electrons. The molecule has 0 atom stereocenters. The molecule has 0 unspecified atom stereocenters. The van der Waals surface area contributed by atoms with Crippen LogP contribution in [0, 0.1) is 0 Å². The molecule has 1 aliphatic rings. The number of hydrogen-bond donors (Lipinski definition) is 2. The molecule has 156 valence electrons. The summed E-state index contributed by atoms with van der Waals surface area (Å²) in [6, 6.07) is 8.60. The number of nitrogens with zero attached hydrogens (tertiary/aromatic N) is 3. The molecule has 0 heterocycles. The van der Waals surface area contributed by atoms with Crippen LogP contribution in [0.3, 0.4) is 0 Å². The molecule has 1 aromatic rings. The quantitative estimate of drug-likeness (QED) is 0.504. The van der Waals surface area contributed by atoms with Crippen LogP contribution in [0.15, 0.2) is 29.3 Å². The van der Waals surface area contributed by atoms with Crippen LogP contribution in [0.25, 0.3) is 0 Å². The van der Waals surface area contributed by atoms with Gasteiger partial charge in [-0.25, -0.2) is 0 Å². The van der Waals surface area contributed by atoms with E-state index in [2.05, 4.69) is 35.6 Å². The minimum absolute atomic E-state index is 0.0380. The molecular formula is C22H37N5O. The third kappa shape index (κ3) is 7.15. The Morgan fingerprint density at radius 2 is 1.93 bits per heavy atom. The second-order valence-corrected chi connectivity index (χ2v) is 7.76. The molecule has 1 amide bonds. The molecule has 28 heavy (non-hydrogen) atoms. The molecule has 2 rings (SSSR count). The molecule has 0 saturated heterocycles. The van der Waals surface area contributed by atoms with Crippen LogP contribution in [-0.2, 0) is 6.42 Å². The van der Waals surface area contributed by atoms with Gasteiger partial charge in [0.15, 0.2) is 5.96 Å². The van der Waals surface area contributed by atoms with Crippen LogP contribution in [0.4, 0.5) is 0 Å². The molecule has 0 bridgehead atoms. The number of benzene rings is 1. The lowest BCUT2D eigenvalue weighted by atomic mass is 10.1. The van der Waals surface area contributed by atoms with Gasteiger partial charge in [0.05, 0.1) is 6.54 Å². The lowest BCUT2D eigenvalue weighted by Crippen LogP contribution is -2.39. The number of carbonyl (C=O) groups excluding carboxylic acids is 1. The van der Waals surface area contributed by atoms with Crippen molar-refractivity contribution < 1.29 is 4.79 Å². The van der Waals surface area contributed by atoms with Gasteiger partial charge in [0, 0.05) is 45.3 Å². The zero-order valence-electron chi connectivity index (χ0n) is 18.0. The first-order valence-electron chi connectivity index (χ1n) is 10.5. The maximum absolute atomic E-state index is 12.1. The SMILES string of the molecule is CCNC(=NCCN(C)C1CCCC1)NCCc1cccc(C(=O)N(C)C)c1. The van der Waals surface area contributed by atoms with Crippen LogP contribution in [0.2, 0.25) is 0 Å². The average Bonchev–Trinajstić information content (AvgIpc) is 3.22. The number of amides is 1. The molecule has 1 fully saturated rings. The van der Waals surface area contributed by atoms with Crippen molar-refractivity contribution in [2.45, 2.75) is 45.1 Å². The highest BCUT2D eigenvalue weighted by Gasteiger charge is 2.18. The van der Waals surface area contributed by atoms with E-state index in [-0.39, 0.29) is 5.91 Å². The summed E-state index contributed by atoms with van der Waals surface area (Å²) in [7, 11) is 5.77. The first kappa shape index (κ1) is 22.2. The van der Waals surface area contributed by atoms with Crippen molar-refractivity contribution in [1.29, 1.82) is 0 Å². The summed E-state index contributed by atoms with van der Waals surface area (Å²) >= 11 is 0. The van der Waals surface area contributed by atoms with Gasteiger partial charge in [0.2, 0.25) is 0 Å². The van der Waals surface area contributed by atoms with E-state index in [4.69, 9.17) is 4.99 Å². The van der Waals surface area contributed by atoms with E-state index < -0.39 is 0 Å². The number of hydrogen-bond acceptors (Lipinski definition) is 3. The lowest BCUT2D eigenvalue weighted by molar-refractivity contribution is 0.0827. The molecule has 1 saturated carbocycles. The number of rotatable bonds is 9. The predicted molar refractivity (Wildman–Crippen MR) is 117 cm³/mol. The first-order valence-corrected chi connectivity index (χ1v) is 10.5. The summed E-state index contributed by atoms with van der Waals surface area (Å²) in [5, 5.41) is 6.73. The summed E-state index contributed by atoms with van der Waals surface area (Å²) in [5.41, 5.74) is 1.88. The number of likely N-dealkylation sites (N-methyl/N-ethyl adjacent to an activating group) is 1. The summed E-state index contributed by atoms with van der Waals surface area (Å²) in [4.78, 5) is 20.9. The highest BCUT2D eigenvalue weighted by molar-refractivity contribution is 5.94. The Kier molecular flexibility index (Phi) is 9.28. The predicted octanol–water partition coefficient (Wildman–Crippen LogP) is 2.36. The van der Waals surface area contributed by atoms with Crippen molar-refractivity contribution in [3.8, 4) is 0 Å². The van der Waals surface area contributed by atoms with Crippen molar-refractivity contribution in [3.05, 3.63) is 35.4 Å². The second kappa shape index (κ2) is 11.7. The molecule has 0 aliphatic heterocycles. The molecule has 0 spiro atoms. The third-order valence-electron chi connectivity index (χ3n) is 5.30. The molecule has 0 aromatic heterocycles. The Labute approximate surface area is 170 Å². The standard InChI is InChI=1S/C22H37N5O/c1-5-23-22(25-15-16-27(4)20-11-6-7-12-20)24-14-13-18-9-8-10-19(17-18)21(28)26(2)3/h8-10,17,20H,5-7,11-16H2,1-4H3,(H2,23,24,25). The number of carbonyl (C=O) groups is 1. The van der Waals surface area contributed by atoms with E-state index in [1.165, 1.54) is 25.7 Å². The maximum Gasteiger partial charge on any atom is 0.253 e. The molecule has 1 aliphatic carbocycles. The van der Waals surface area contributed by atoms with E-state index >= 15 is 0 Å². The fourth-order valence-electron chi connectivity index (χ4n) is 3.63. The Balaban J connectivity index is 1.80. The Morgan fingerprint density at radius 3 is 2.61 bits per heavy atom. The van der Waals surface area contributed by atoms with Gasteiger partial charge < -0.3 is 20.4 Å². The zero-order chi connectivity index (χ0) is 20.4. The van der Waals surface area contributed by atoms with Crippen LogP contribution >= 0.6 is 0 Å². The van der Waals surface area contributed by atoms with Crippen LogP contribution in [0.5, 0.6) is 0 Å². The van der Waals surface area contributed by atoms with Gasteiger partial charge in [-0.15, -0.1) is 0 Å². The Morgan fingerprint density at radius 1 is 1.18 bits per heavy atom. The molecule has 6 nitrogen and oxygen atoms in total. The van der Waals surface area contributed by atoms with Gasteiger partial charge in [-0.3, -0.25) is 9.79 Å². The molecular weight excluding hydrogens is 350 g/mol. The summed E-state index contributed by atoms with van der Waals surface area (Å²) in [6.07, 6.45) is 6.23. The van der Waals surface area contributed by atoms with Gasteiger partial charge in [0.1, 0.15) is 0 Å². The maximum atomic E-state index is 12.1. The molecule has 1 aromatic carbocycles. The monoisotopic (exact) mass is 387 g/mol. The third-order valence-corrected chi connectivity index (χ3v) is 5.30. The van der Waals surface area contributed by atoms with Gasteiger partial charge >= 0.3 is 0 Å². The normalized spacial score (nSPS) is 15.1. The van der Waals surface area contributed by atoms with Crippen LogP contribution in [-0.4, -0.2) is 75.0 Å².